The molecule has 0 radical (unpaired) electrons. The minimum atomic E-state index is -5.03. The zero-order valence-corrected chi connectivity index (χ0v) is 32.2. The molecule has 0 saturated heterocycles. The fraction of sp³-hybridized carbons (Fsp3) is 0.0769. The molecule has 0 atom stereocenters. The summed E-state index contributed by atoms with van der Waals surface area (Å²) < 4.78 is 0. The first-order chi connectivity index (χ1) is 21.7. The molecule has 0 amide bonds. The Morgan fingerprint density at radius 1 is 0.289 bits per heavy atom. The quantitative estimate of drug-likeness (QED) is 0.102. The number of halogens is 2. The first-order valence-corrected chi connectivity index (χ1v) is 34.6. The molecule has 0 saturated carbocycles. The van der Waals surface area contributed by atoms with Crippen molar-refractivity contribution >= 4 is 68.0 Å². The minimum absolute atomic E-state index is 1.31. The molecule has 0 aliphatic rings. The number of rotatable bonds is 9. The van der Waals surface area contributed by atoms with Gasteiger partial charge in [0.15, 0.2) is 0 Å². The Morgan fingerprint density at radius 3 is 0.556 bits per heavy atom. The Hall–Kier alpha value is -2.19. The van der Waals surface area contributed by atoms with E-state index in [4.69, 9.17) is 0 Å². The van der Waals surface area contributed by atoms with Crippen LogP contribution in [0.15, 0.2) is 182 Å². The second kappa shape index (κ2) is 12.8. The Labute approximate surface area is 278 Å². The molecule has 0 N–H and O–H groups in total. The molecule has 0 aromatic heterocycles. The van der Waals surface area contributed by atoms with E-state index in [-0.39, 0.29) is 0 Å². The molecule has 0 nitrogen and oxygen atoms in total. The van der Waals surface area contributed by atoms with Crippen molar-refractivity contribution in [2.45, 2.75) is 0 Å². The maximum atomic E-state index is 9.45. The predicted octanol–water partition coefficient (Wildman–Crippen LogP) is 8.82. The van der Waals surface area contributed by atoms with E-state index in [1.807, 2.05) is 0 Å². The van der Waals surface area contributed by atoms with Crippen molar-refractivity contribution in [2.24, 2.45) is 0 Å². The molecule has 0 unspecified atom stereocenters. The van der Waals surface area contributed by atoms with E-state index in [1.165, 1.54) is 31.8 Å². The van der Waals surface area contributed by atoms with Crippen LogP contribution in [0.1, 0.15) is 0 Å². The normalized spacial score (nSPS) is 14.6. The third-order valence-electron chi connectivity index (χ3n) is 9.72. The van der Waals surface area contributed by atoms with Gasteiger partial charge in [0.05, 0.1) is 0 Å². The van der Waals surface area contributed by atoms with Crippen LogP contribution in [0, 0.1) is 0 Å². The molecule has 0 heterocycles. The topological polar surface area (TPSA) is 0 Å². The summed E-state index contributed by atoms with van der Waals surface area (Å²) in [6, 6.07) is 66.6. The van der Waals surface area contributed by atoms with Crippen molar-refractivity contribution in [1.29, 1.82) is 0 Å². The van der Waals surface area contributed by atoms with Crippen LogP contribution in [-0.4, -0.2) is 20.0 Å². The van der Waals surface area contributed by atoms with Gasteiger partial charge in [0.25, 0.3) is 0 Å². The Balaban J connectivity index is 1.94. The first kappa shape index (κ1) is 32.7. The van der Waals surface area contributed by atoms with Crippen LogP contribution in [0.25, 0.3) is 0 Å². The van der Waals surface area contributed by atoms with E-state index < -0.39 is 27.0 Å². The van der Waals surface area contributed by atoms with E-state index in [2.05, 4.69) is 202 Å². The number of benzene rings is 6. The molecule has 6 aromatic rings. The van der Waals surface area contributed by atoms with Crippen LogP contribution in [0.5, 0.6) is 0 Å². The molecule has 0 spiro atoms. The fourth-order valence-corrected chi connectivity index (χ4v) is 130. The van der Waals surface area contributed by atoms with Crippen molar-refractivity contribution in [1.82, 2.24) is 0 Å². The van der Waals surface area contributed by atoms with Gasteiger partial charge in [-0.15, -0.1) is 0 Å². The average molecular weight is 776 g/mol. The average Bonchev–Trinajstić information content (AvgIpc) is 3.12. The summed E-state index contributed by atoms with van der Waals surface area (Å²) in [4.78, 5) is 0. The van der Waals surface area contributed by atoms with Gasteiger partial charge in [0, 0.05) is 0 Å². The molecular weight excluding hydrogens is 733 g/mol. The molecule has 6 heteroatoms. The van der Waals surface area contributed by atoms with Crippen molar-refractivity contribution < 1.29 is 10.2 Å². The summed E-state index contributed by atoms with van der Waals surface area (Å²) in [6.07, 6.45) is 0. The molecular formula is C39H42Cl2P3Ru. The van der Waals surface area contributed by atoms with Gasteiger partial charge in [-0.1, -0.05) is 0 Å². The van der Waals surface area contributed by atoms with Crippen LogP contribution < -0.4 is 31.8 Å². The zero-order chi connectivity index (χ0) is 31.6. The van der Waals surface area contributed by atoms with Crippen molar-refractivity contribution in [2.75, 3.05) is 20.0 Å². The molecule has 6 aromatic carbocycles. The van der Waals surface area contributed by atoms with Gasteiger partial charge in [-0.05, 0) is 0 Å². The Morgan fingerprint density at radius 2 is 0.422 bits per heavy atom. The zero-order valence-electron chi connectivity index (χ0n) is 25.9. The second-order valence-electron chi connectivity index (χ2n) is 11.8. The van der Waals surface area contributed by atoms with E-state index in [0.29, 0.717) is 0 Å². The van der Waals surface area contributed by atoms with Gasteiger partial charge in [0.2, 0.25) is 0 Å². The molecule has 45 heavy (non-hydrogen) atoms. The van der Waals surface area contributed by atoms with Crippen LogP contribution in [0.3, 0.4) is 0 Å². The maximum absolute atomic E-state index is 9.45. The van der Waals surface area contributed by atoms with Crippen molar-refractivity contribution in [3.05, 3.63) is 182 Å². The van der Waals surface area contributed by atoms with Gasteiger partial charge in [-0.25, -0.2) is 0 Å². The summed E-state index contributed by atoms with van der Waals surface area (Å²) >= 11 is 0. The molecule has 235 valence electrons. The predicted molar refractivity (Wildman–Crippen MR) is 211 cm³/mol. The molecule has 0 bridgehead atoms. The Kier molecular flexibility index (Phi) is 9.30. The van der Waals surface area contributed by atoms with Crippen LogP contribution in [-0.2, 0) is 10.2 Å². The first-order valence-electron chi connectivity index (χ1n) is 15.3. The summed E-state index contributed by atoms with van der Waals surface area (Å²) in [5.74, 6) is 0. The van der Waals surface area contributed by atoms with Gasteiger partial charge in [0.1, 0.15) is 0 Å². The molecule has 0 aliphatic heterocycles. The third kappa shape index (κ3) is 4.78. The third-order valence-corrected chi connectivity index (χ3v) is 124. The second-order valence-corrected chi connectivity index (χ2v) is 74.3. The van der Waals surface area contributed by atoms with Crippen LogP contribution in [0.2, 0.25) is 0 Å². The molecule has 0 aliphatic carbocycles. The van der Waals surface area contributed by atoms with E-state index in [9.17, 15) is 19.4 Å². The summed E-state index contributed by atoms with van der Waals surface area (Å²) in [7, 11) is 13.9. The number of hydrogen-bond donors (Lipinski definition) is 0. The van der Waals surface area contributed by atoms with E-state index in [1.54, 1.807) is 0 Å². The van der Waals surface area contributed by atoms with E-state index >= 15 is 0 Å². The van der Waals surface area contributed by atoms with Gasteiger partial charge < -0.3 is 0 Å². The summed E-state index contributed by atoms with van der Waals surface area (Å²) in [5.41, 5.74) is -9.15. The van der Waals surface area contributed by atoms with Gasteiger partial charge in [-0.2, -0.15) is 0 Å². The van der Waals surface area contributed by atoms with Crippen LogP contribution in [0.4, 0.5) is 0 Å². The fourth-order valence-electron chi connectivity index (χ4n) is 7.12. The SMILES string of the molecule is C[PH](c1ccccc1)(c1ccccc1)[Ru]([Cl])([Cl])([PH](C)(c1ccccc1)c1ccccc1)[PH](C)(c1ccccc1)c1ccccc1. The summed E-state index contributed by atoms with van der Waals surface area (Å²) in [5, 5.41) is 7.85. The summed E-state index contributed by atoms with van der Waals surface area (Å²) in [6.45, 7) is 7.57. The van der Waals surface area contributed by atoms with Crippen molar-refractivity contribution in [3.8, 4) is 0 Å². The Bertz CT molecular complexity index is 1520. The van der Waals surface area contributed by atoms with Gasteiger partial charge in [-0.3, -0.25) is 0 Å². The van der Waals surface area contributed by atoms with Crippen LogP contribution >= 0.6 is 36.2 Å². The van der Waals surface area contributed by atoms with Crippen molar-refractivity contribution in [3.63, 3.8) is 0 Å². The molecule has 6 rings (SSSR count). The van der Waals surface area contributed by atoms with Gasteiger partial charge >= 0.3 is 280 Å². The molecule has 0 fully saturated rings. The standard InChI is InChI=1S/3C13H13P.2ClH.Ru/c3*1-14(12-8-4-2-5-9-12)13-10-6-3-7-11-13;;;/h3*2-11H,1H3;2*1H;/q;;;;;-1/p+1. The monoisotopic (exact) mass is 775 g/mol. The number of hydrogen-bond acceptors (Lipinski definition) is 0. The van der Waals surface area contributed by atoms with E-state index in [0.717, 1.165) is 0 Å².